The van der Waals surface area contributed by atoms with Crippen LogP contribution >= 0.6 is 12.1 Å². The second-order valence-corrected chi connectivity index (χ2v) is 20.5. The Hall–Kier alpha value is -4.36. The molecule has 5 heteroatoms. The number of hydrogen-bond donors (Lipinski definition) is 0. The van der Waals surface area contributed by atoms with Gasteiger partial charge >= 0.3 is 0 Å². The van der Waals surface area contributed by atoms with E-state index >= 15 is 0 Å². The summed E-state index contributed by atoms with van der Waals surface area (Å²) in [5.74, 6) is 0. The molecule has 1 heterocycles. The van der Waals surface area contributed by atoms with Crippen LogP contribution in [0.3, 0.4) is 0 Å². The summed E-state index contributed by atoms with van der Waals surface area (Å²) in [6.45, 7) is 0. The van der Waals surface area contributed by atoms with Crippen molar-refractivity contribution in [2.24, 2.45) is 0 Å². The smallest absolute Gasteiger partial charge is 0.0541 e. The fourth-order valence-corrected chi connectivity index (χ4v) is 14.2. The number of fused-ring (bicyclic) bond motifs is 3. The van der Waals surface area contributed by atoms with Crippen molar-refractivity contribution >= 4 is 89.3 Å². The van der Waals surface area contributed by atoms with Gasteiger partial charge in [0.05, 0.1) is 11.0 Å². The molecule has 1 nitrogen and oxygen atoms in total. The number of aromatic nitrogens is 1. The van der Waals surface area contributed by atoms with E-state index in [1.807, 2.05) is 0 Å². The predicted molar refractivity (Wildman–Crippen MR) is 213 cm³/mol. The first-order chi connectivity index (χ1) is 23.1. The number of para-hydroxylation sites is 1. The fourth-order valence-electron chi connectivity index (χ4n) is 6.69. The summed E-state index contributed by atoms with van der Waals surface area (Å²) >= 11 is 13.6. The van der Waals surface area contributed by atoms with Gasteiger partial charge in [-0.15, -0.1) is 0 Å². The quantitative estimate of drug-likeness (QED) is 0.157. The highest BCUT2D eigenvalue weighted by Gasteiger charge is 2.28. The highest BCUT2D eigenvalue weighted by atomic mass is 32.4. The second-order valence-electron chi connectivity index (χ2n) is 11.6. The third-order valence-electron chi connectivity index (χ3n) is 8.95. The molecule has 0 aliphatic carbocycles. The maximum absolute atomic E-state index is 6.79. The largest absolute Gasteiger partial charge is 0.309 e. The van der Waals surface area contributed by atoms with Crippen LogP contribution in [0, 0.1) is 0 Å². The van der Waals surface area contributed by atoms with Crippen LogP contribution in [0.5, 0.6) is 0 Å². The highest BCUT2D eigenvalue weighted by Crippen LogP contribution is 2.46. The summed E-state index contributed by atoms with van der Waals surface area (Å²) in [7, 11) is 0. The van der Waals surface area contributed by atoms with Crippen LogP contribution in [-0.4, -0.2) is 4.57 Å². The van der Waals surface area contributed by atoms with E-state index < -0.39 is 12.1 Å². The molecule has 7 aromatic carbocycles. The van der Waals surface area contributed by atoms with Crippen molar-refractivity contribution in [1.29, 1.82) is 0 Å². The molecule has 8 rings (SSSR count). The van der Waals surface area contributed by atoms with Crippen molar-refractivity contribution in [3.63, 3.8) is 0 Å². The standard InChI is InChI=1S/C42H31NP2S2/c46-44(33-18-8-2-9-19-33,34-20-10-3-11-21-34)37-26-28-41-39(30-37)40-31-38(27-29-42(40)43(41)32-16-6-1-7-17-32)45(47,35-22-12-4-13-23-35)36-24-14-5-15-25-36/h1-31H. The zero-order chi connectivity index (χ0) is 31.8. The minimum Gasteiger partial charge on any atom is -0.309 e. The average molecular weight is 676 g/mol. The molecule has 0 N–H and O–H groups in total. The van der Waals surface area contributed by atoms with Gasteiger partial charge in [0, 0.05) is 28.5 Å². The summed E-state index contributed by atoms with van der Waals surface area (Å²) in [5, 5.41) is 9.50. The number of hydrogen-bond acceptors (Lipinski definition) is 2. The Morgan fingerprint density at radius 1 is 0.319 bits per heavy atom. The predicted octanol–water partition coefficient (Wildman–Crippen LogP) is 8.30. The van der Waals surface area contributed by atoms with Gasteiger partial charge in [0.25, 0.3) is 0 Å². The van der Waals surface area contributed by atoms with Crippen LogP contribution in [0.1, 0.15) is 0 Å². The molecule has 0 radical (unpaired) electrons. The van der Waals surface area contributed by atoms with Crippen molar-refractivity contribution in [3.05, 3.63) is 188 Å². The van der Waals surface area contributed by atoms with Crippen molar-refractivity contribution in [2.45, 2.75) is 0 Å². The van der Waals surface area contributed by atoms with Crippen LogP contribution in [0.4, 0.5) is 0 Å². The van der Waals surface area contributed by atoms with Gasteiger partial charge in [0.1, 0.15) is 0 Å². The SMILES string of the molecule is S=P(c1ccccc1)(c1ccccc1)c1ccc2c(c1)c1cc(P(=S)(c3ccccc3)c3ccccc3)ccc1n2-c1ccccc1. The summed E-state index contributed by atoms with van der Waals surface area (Å²) in [5.41, 5.74) is 3.44. The van der Waals surface area contributed by atoms with Gasteiger partial charge < -0.3 is 4.57 Å². The normalized spacial score (nSPS) is 12.0. The van der Waals surface area contributed by atoms with Crippen LogP contribution in [-0.2, 0) is 23.6 Å². The van der Waals surface area contributed by atoms with Crippen molar-refractivity contribution in [3.8, 4) is 5.69 Å². The zero-order valence-corrected chi connectivity index (χ0v) is 29.0. The van der Waals surface area contributed by atoms with E-state index in [0.717, 1.165) is 16.7 Å². The van der Waals surface area contributed by atoms with Crippen LogP contribution in [0.2, 0.25) is 0 Å². The van der Waals surface area contributed by atoms with E-state index in [2.05, 4.69) is 193 Å². The summed E-state index contributed by atoms with van der Waals surface area (Å²) in [6.07, 6.45) is 0. The van der Waals surface area contributed by atoms with Crippen molar-refractivity contribution in [1.82, 2.24) is 4.57 Å². The van der Waals surface area contributed by atoms with Crippen molar-refractivity contribution < 1.29 is 0 Å². The molecule has 0 unspecified atom stereocenters. The van der Waals surface area contributed by atoms with Gasteiger partial charge in [0.15, 0.2) is 0 Å². The minimum absolute atomic E-state index is 1.13. The Balaban J connectivity index is 1.44. The summed E-state index contributed by atoms with van der Waals surface area (Å²) in [6, 6.07) is 62.4. The van der Waals surface area contributed by atoms with E-state index in [9.17, 15) is 0 Å². The second kappa shape index (κ2) is 12.3. The maximum Gasteiger partial charge on any atom is 0.0541 e. The molecule has 0 bridgehead atoms. The number of rotatable bonds is 7. The Bertz CT molecular complexity index is 2200. The van der Waals surface area contributed by atoms with Gasteiger partial charge in [0.2, 0.25) is 0 Å². The molecule has 0 saturated carbocycles. The third kappa shape index (κ3) is 5.07. The zero-order valence-electron chi connectivity index (χ0n) is 25.6. The lowest BCUT2D eigenvalue weighted by Gasteiger charge is -2.24. The molecular weight excluding hydrogens is 645 g/mol. The highest BCUT2D eigenvalue weighted by molar-refractivity contribution is 8.26. The molecule has 8 aromatic rings. The van der Waals surface area contributed by atoms with E-state index in [4.69, 9.17) is 23.6 Å². The fraction of sp³-hybridized carbons (Fsp3) is 0. The first-order valence-electron chi connectivity index (χ1n) is 15.7. The van der Waals surface area contributed by atoms with E-state index in [1.165, 1.54) is 42.6 Å². The van der Waals surface area contributed by atoms with E-state index in [-0.39, 0.29) is 0 Å². The van der Waals surface area contributed by atoms with E-state index in [0.29, 0.717) is 0 Å². The number of nitrogens with zero attached hydrogens (tertiary/aromatic N) is 1. The summed E-state index contributed by atoms with van der Waals surface area (Å²) in [4.78, 5) is 0. The van der Waals surface area contributed by atoms with Gasteiger partial charge in [-0.1, -0.05) is 175 Å². The van der Waals surface area contributed by atoms with Gasteiger partial charge in [-0.3, -0.25) is 0 Å². The molecule has 0 spiro atoms. The Morgan fingerprint density at radius 2 is 0.617 bits per heavy atom. The topological polar surface area (TPSA) is 4.93 Å². The molecule has 0 fully saturated rings. The lowest BCUT2D eigenvalue weighted by molar-refractivity contribution is 1.18. The maximum atomic E-state index is 6.79. The first kappa shape index (κ1) is 30.0. The lowest BCUT2D eigenvalue weighted by Crippen LogP contribution is -2.25. The molecule has 0 aliphatic heterocycles. The summed E-state index contributed by atoms with van der Waals surface area (Å²) < 4.78 is 2.38. The van der Waals surface area contributed by atoms with Crippen LogP contribution in [0.15, 0.2) is 188 Å². The Kier molecular flexibility index (Phi) is 7.88. The third-order valence-corrected chi connectivity index (χ3v) is 18.9. The Labute approximate surface area is 286 Å². The van der Waals surface area contributed by atoms with Crippen LogP contribution < -0.4 is 31.8 Å². The lowest BCUT2D eigenvalue weighted by atomic mass is 10.1. The monoisotopic (exact) mass is 675 g/mol. The molecule has 0 amide bonds. The minimum atomic E-state index is -2.35. The average Bonchev–Trinajstić information content (AvgIpc) is 3.49. The molecule has 0 saturated heterocycles. The van der Waals surface area contributed by atoms with Crippen molar-refractivity contribution in [2.75, 3.05) is 0 Å². The number of benzene rings is 7. The molecule has 0 atom stereocenters. The van der Waals surface area contributed by atoms with E-state index in [1.54, 1.807) is 0 Å². The molecule has 226 valence electrons. The molecular formula is C42H31NP2S2. The van der Waals surface area contributed by atoms with Gasteiger partial charge in [-0.25, -0.2) is 0 Å². The molecule has 0 aliphatic rings. The van der Waals surface area contributed by atoms with Gasteiger partial charge in [-0.05, 0) is 68.2 Å². The molecule has 47 heavy (non-hydrogen) atoms. The van der Waals surface area contributed by atoms with Gasteiger partial charge in [-0.2, -0.15) is 0 Å². The first-order valence-corrected chi connectivity index (χ1v) is 21.3. The molecule has 1 aromatic heterocycles. The Morgan fingerprint density at radius 3 is 0.936 bits per heavy atom. The van der Waals surface area contributed by atoms with Crippen LogP contribution in [0.25, 0.3) is 27.5 Å².